The van der Waals surface area contributed by atoms with Gasteiger partial charge in [0.1, 0.15) is 0 Å². The van der Waals surface area contributed by atoms with Crippen molar-refractivity contribution in [2.24, 2.45) is 5.92 Å². The van der Waals surface area contributed by atoms with Crippen LogP contribution >= 0.6 is 11.8 Å². The molecule has 1 atom stereocenters. The summed E-state index contributed by atoms with van der Waals surface area (Å²) in [6.45, 7) is 4.66. The maximum absolute atomic E-state index is 12.8. The van der Waals surface area contributed by atoms with Crippen molar-refractivity contribution in [3.8, 4) is 0 Å². The molecule has 0 heterocycles. The minimum Gasteiger partial charge on any atom is -0.465 e. The molecule has 1 unspecified atom stereocenters. The predicted molar refractivity (Wildman–Crippen MR) is 125 cm³/mol. The van der Waals surface area contributed by atoms with Crippen molar-refractivity contribution in [3.63, 3.8) is 0 Å². The second kappa shape index (κ2) is 11.2. The van der Waals surface area contributed by atoms with Crippen LogP contribution < -0.4 is 0 Å². The van der Waals surface area contributed by atoms with E-state index in [-0.39, 0.29) is 34.6 Å². The molecule has 0 fully saturated rings. The molecular weight excluding hydrogens is 424 g/mol. The zero-order valence-electron chi connectivity index (χ0n) is 18.5. The molecule has 0 aromatic heterocycles. The Balaban J connectivity index is 1.55. The first-order chi connectivity index (χ1) is 15.5. The highest BCUT2D eigenvalue weighted by Crippen LogP contribution is 2.29. The van der Waals surface area contributed by atoms with E-state index in [0.717, 1.165) is 37.4 Å². The number of hydrogen-bond donors (Lipinski definition) is 0. The fourth-order valence-electron chi connectivity index (χ4n) is 3.72. The molecule has 0 saturated carbocycles. The Morgan fingerprint density at radius 1 is 0.938 bits per heavy atom. The molecule has 0 N–H and O–H groups in total. The van der Waals surface area contributed by atoms with E-state index in [9.17, 15) is 19.2 Å². The zero-order valence-corrected chi connectivity index (χ0v) is 19.3. The first-order valence-corrected chi connectivity index (χ1v) is 12.1. The van der Waals surface area contributed by atoms with Gasteiger partial charge in [-0.3, -0.25) is 19.2 Å². The van der Waals surface area contributed by atoms with Crippen LogP contribution in [-0.2, 0) is 9.53 Å². The number of ether oxygens (including phenoxy) is 1. The molecule has 0 amide bonds. The Bertz CT molecular complexity index is 1030. The number of hydrogen-bond acceptors (Lipinski definition) is 6. The highest BCUT2D eigenvalue weighted by Gasteiger charge is 2.30. The van der Waals surface area contributed by atoms with Gasteiger partial charge >= 0.3 is 5.97 Å². The van der Waals surface area contributed by atoms with E-state index in [4.69, 9.17) is 4.74 Å². The Kier molecular flexibility index (Phi) is 8.39. The Morgan fingerprint density at radius 3 is 2.25 bits per heavy atom. The molecule has 0 bridgehead atoms. The number of esters is 1. The van der Waals surface area contributed by atoms with Crippen LogP contribution in [0.3, 0.4) is 0 Å². The van der Waals surface area contributed by atoms with E-state index in [2.05, 4.69) is 13.8 Å². The molecule has 2 aromatic carbocycles. The van der Waals surface area contributed by atoms with E-state index in [1.807, 2.05) is 0 Å². The molecule has 2 aromatic rings. The standard InChI is InChI=1S/C26H28O5S/c1-3-5-8-17(4-2)16-31-23(27)13-14-32-26(30)18-11-12-21-22(15-18)25(29)20-10-7-6-9-19(20)24(21)28/h6-7,9-12,15,17H,3-5,8,13-14,16H2,1-2H3. The monoisotopic (exact) mass is 452 g/mol. The fourth-order valence-corrected chi connectivity index (χ4v) is 4.47. The van der Waals surface area contributed by atoms with Gasteiger partial charge < -0.3 is 4.74 Å². The van der Waals surface area contributed by atoms with E-state index in [1.54, 1.807) is 30.3 Å². The lowest BCUT2D eigenvalue weighted by molar-refractivity contribution is -0.144. The van der Waals surface area contributed by atoms with Crippen LogP contribution in [0.5, 0.6) is 0 Å². The van der Waals surface area contributed by atoms with Crippen LogP contribution in [-0.4, -0.2) is 35.0 Å². The summed E-state index contributed by atoms with van der Waals surface area (Å²) >= 11 is 1.01. The second-order valence-electron chi connectivity index (χ2n) is 7.95. The number of unbranched alkanes of at least 4 members (excludes halogenated alkanes) is 1. The predicted octanol–water partition coefficient (Wildman–Crippen LogP) is 5.49. The molecule has 0 radical (unpaired) electrons. The Morgan fingerprint density at radius 2 is 1.59 bits per heavy atom. The van der Waals surface area contributed by atoms with Crippen molar-refractivity contribution in [2.75, 3.05) is 12.4 Å². The Labute approximate surface area is 192 Å². The quantitative estimate of drug-likeness (QED) is 0.379. The zero-order chi connectivity index (χ0) is 23.1. The maximum atomic E-state index is 12.8. The number of carbonyl (C=O) groups excluding carboxylic acids is 4. The van der Waals surface area contributed by atoms with Gasteiger partial charge in [0.15, 0.2) is 11.6 Å². The molecule has 0 spiro atoms. The number of benzene rings is 2. The summed E-state index contributed by atoms with van der Waals surface area (Å²) in [5, 5.41) is -0.242. The number of ketones is 2. The largest absolute Gasteiger partial charge is 0.465 e. The van der Waals surface area contributed by atoms with Crippen LogP contribution in [0.2, 0.25) is 0 Å². The third-order valence-corrected chi connectivity index (χ3v) is 6.63. The lowest BCUT2D eigenvalue weighted by Crippen LogP contribution is -2.21. The van der Waals surface area contributed by atoms with Crippen LogP contribution in [0.4, 0.5) is 0 Å². The lowest BCUT2D eigenvalue weighted by Gasteiger charge is -2.17. The molecule has 0 aliphatic heterocycles. The number of thioether (sulfide) groups is 1. The minimum absolute atomic E-state index is 0.149. The first kappa shape index (κ1) is 23.9. The van der Waals surface area contributed by atoms with Crippen LogP contribution in [0, 0.1) is 5.92 Å². The molecule has 3 rings (SSSR count). The van der Waals surface area contributed by atoms with Gasteiger partial charge in [-0.1, -0.05) is 69.1 Å². The molecule has 1 aliphatic carbocycles. The average Bonchev–Trinajstić information content (AvgIpc) is 2.82. The minimum atomic E-state index is -0.303. The highest BCUT2D eigenvalue weighted by molar-refractivity contribution is 8.14. The summed E-state index contributed by atoms with van der Waals surface area (Å²) in [6.07, 6.45) is 4.43. The topological polar surface area (TPSA) is 77.5 Å². The van der Waals surface area contributed by atoms with Crippen molar-refractivity contribution in [3.05, 3.63) is 70.3 Å². The summed E-state index contributed by atoms with van der Waals surface area (Å²) < 4.78 is 5.37. The molecular formula is C26H28O5S. The van der Waals surface area contributed by atoms with Crippen molar-refractivity contribution in [1.29, 1.82) is 0 Å². The number of fused-ring (bicyclic) bond motifs is 2. The average molecular weight is 453 g/mol. The highest BCUT2D eigenvalue weighted by atomic mass is 32.2. The SMILES string of the molecule is CCCCC(CC)COC(=O)CCSC(=O)c1ccc2c(c1)C(=O)c1ccccc1C2=O. The van der Waals surface area contributed by atoms with Gasteiger partial charge in [0.05, 0.1) is 13.0 Å². The third-order valence-electron chi connectivity index (χ3n) is 5.72. The number of rotatable bonds is 10. The van der Waals surface area contributed by atoms with E-state index in [1.165, 1.54) is 12.1 Å². The molecule has 168 valence electrons. The fraction of sp³-hybridized carbons (Fsp3) is 0.385. The van der Waals surface area contributed by atoms with Crippen molar-refractivity contribution in [1.82, 2.24) is 0 Å². The second-order valence-corrected chi connectivity index (χ2v) is 9.02. The summed E-state index contributed by atoms with van der Waals surface area (Å²) in [4.78, 5) is 50.1. The summed E-state index contributed by atoms with van der Waals surface area (Å²) in [5.74, 6) is -0.0889. The maximum Gasteiger partial charge on any atom is 0.306 e. The van der Waals surface area contributed by atoms with Crippen LogP contribution in [0.15, 0.2) is 42.5 Å². The molecule has 6 heteroatoms. The third kappa shape index (κ3) is 5.54. The van der Waals surface area contributed by atoms with Gasteiger partial charge in [0, 0.05) is 33.6 Å². The van der Waals surface area contributed by atoms with Crippen molar-refractivity contribution >= 4 is 34.4 Å². The normalized spacial score (nSPS) is 13.3. The smallest absolute Gasteiger partial charge is 0.306 e. The Hall–Kier alpha value is -2.73. The van der Waals surface area contributed by atoms with Gasteiger partial charge in [-0.15, -0.1) is 0 Å². The van der Waals surface area contributed by atoms with E-state index < -0.39 is 0 Å². The van der Waals surface area contributed by atoms with Gasteiger partial charge in [0.25, 0.3) is 0 Å². The van der Waals surface area contributed by atoms with Gasteiger partial charge in [-0.2, -0.15) is 0 Å². The van der Waals surface area contributed by atoms with E-state index >= 15 is 0 Å². The molecule has 0 saturated heterocycles. The van der Waals surface area contributed by atoms with Crippen LogP contribution in [0.1, 0.15) is 88.2 Å². The van der Waals surface area contributed by atoms with E-state index in [0.29, 0.717) is 40.5 Å². The number of carbonyl (C=O) groups is 4. The summed E-state index contributed by atoms with van der Waals surface area (Å²) in [7, 11) is 0. The first-order valence-electron chi connectivity index (χ1n) is 11.1. The van der Waals surface area contributed by atoms with Crippen LogP contribution in [0.25, 0.3) is 0 Å². The van der Waals surface area contributed by atoms with Gasteiger partial charge in [-0.25, -0.2) is 0 Å². The molecule has 1 aliphatic rings. The summed E-state index contributed by atoms with van der Waals surface area (Å²) in [5.41, 5.74) is 1.64. The van der Waals surface area contributed by atoms with Crippen molar-refractivity contribution in [2.45, 2.75) is 46.0 Å². The van der Waals surface area contributed by atoms with Gasteiger partial charge in [-0.05, 0) is 30.5 Å². The molecule has 5 nitrogen and oxygen atoms in total. The van der Waals surface area contributed by atoms with Crippen molar-refractivity contribution < 1.29 is 23.9 Å². The molecule has 32 heavy (non-hydrogen) atoms. The summed E-state index contributed by atoms with van der Waals surface area (Å²) in [6, 6.07) is 11.3. The van der Waals surface area contributed by atoms with Gasteiger partial charge in [0.2, 0.25) is 5.12 Å². The lowest BCUT2D eigenvalue weighted by atomic mass is 9.83.